The van der Waals surface area contributed by atoms with E-state index in [0.717, 1.165) is 61.6 Å². The van der Waals surface area contributed by atoms with Gasteiger partial charge < -0.3 is 15.0 Å². The van der Waals surface area contributed by atoms with Crippen LogP contribution in [0.2, 0.25) is 0 Å². The van der Waals surface area contributed by atoms with Crippen molar-refractivity contribution in [2.75, 3.05) is 51.3 Å². The maximum Gasteiger partial charge on any atom is 0.271 e. The molecular weight excluding hydrogens is 378 g/mol. The van der Waals surface area contributed by atoms with Gasteiger partial charge in [-0.25, -0.2) is 4.98 Å². The molecule has 1 aliphatic rings. The molecule has 4 rings (SSSR count). The number of nitrogens with one attached hydrogen (secondary N) is 1. The molecule has 2 heterocycles. The van der Waals surface area contributed by atoms with E-state index in [4.69, 9.17) is 4.74 Å². The third-order valence-electron chi connectivity index (χ3n) is 5.42. The second-order valence-corrected chi connectivity index (χ2v) is 7.35. The highest BCUT2D eigenvalue weighted by molar-refractivity contribution is 5.93. The minimum absolute atomic E-state index is 0.172. The van der Waals surface area contributed by atoms with Gasteiger partial charge in [-0.2, -0.15) is 0 Å². The number of hydrogen-bond donors (Lipinski definition) is 1. The van der Waals surface area contributed by atoms with Crippen LogP contribution in [-0.2, 0) is 0 Å². The average Bonchev–Trinajstić information content (AvgIpc) is 2.81. The van der Waals surface area contributed by atoms with Gasteiger partial charge in [0.05, 0.1) is 30.0 Å². The largest absolute Gasteiger partial charge is 0.495 e. The van der Waals surface area contributed by atoms with Gasteiger partial charge in [0.25, 0.3) is 5.91 Å². The molecule has 0 bridgehead atoms. The second kappa shape index (κ2) is 9.54. The van der Waals surface area contributed by atoms with Crippen LogP contribution in [0.15, 0.2) is 54.7 Å². The zero-order valence-corrected chi connectivity index (χ0v) is 17.3. The van der Waals surface area contributed by atoms with E-state index in [-0.39, 0.29) is 5.91 Å². The van der Waals surface area contributed by atoms with E-state index in [1.165, 1.54) is 6.20 Å². The average molecular weight is 406 g/mol. The number of piperazine rings is 1. The first-order valence-electron chi connectivity index (χ1n) is 10.3. The predicted octanol–water partition coefficient (Wildman–Crippen LogP) is 2.58. The van der Waals surface area contributed by atoms with Crippen LogP contribution in [0.25, 0.3) is 11.0 Å². The number of carbonyl (C=O) groups is 1. The molecule has 0 radical (unpaired) electrons. The number of hydrogen-bond acceptors (Lipinski definition) is 6. The first kappa shape index (κ1) is 20.1. The Balaban J connectivity index is 1.20. The summed E-state index contributed by atoms with van der Waals surface area (Å²) in [6.45, 7) is 5.53. The van der Waals surface area contributed by atoms with Gasteiger partial charge in [-0.05, 0) is 37.2 Å². The Morgan fingerprint density at radius 3 is 2.57 bits per heavy atom. The van der Waals surface area contributed by atoms with Crippen molar-refractivity contribution in [3.8, 4) is 5.75 Å². The lowest BCUT2D eigenvalue weighted by atomic mass is 10.2. The Hall–Kier alpha value is -3.19. The minimum Gasteiger partial charge on any atom is -0.495 e. The molecule has 1 N–H and O–H groups in total. The zero-order chi connectivity index (χ0) is 20.8. The van der Waals surface area contributed by atoms with Crippen molar-refractivity contribution in [1.29, 1.82) is 0 Å². The van der Waals surface area contributed by atoms with Crippen LogP contribution in [0.1, 0.15) is 16.9 Å². The molecule has 1 aliphatic heterocycles. The standard InChI is InChI=1S/C23H27N5O2/c1-30-22-10-5-4-9-21(22)28-15-13-27(14-16-28)12-6-11-24-23(29)20-17-25-18-7-2-3-8-19(18)26-20/h2-5,7-10,17H,6,11-16H2,1H3,(H,24,29). The van der Waals surface area contributed by atoms with Crippen LogP contribution in [0, 0.1) is 0 Å². The maximum atomic E-state index is 12.4. The molecule has 0 aliphatic carbocycles. The van der Waals surface area contributed by atoms with Gasteiger partial charge in [-0.3, -0.25) is 14.7 Å². The highest BCUT2D eigenvalue weighted by Gasteiger charge is 2.19. The molecule has 156 valence electrons. The fourth-order valence-electron chi connectivity index (χ4n) is 3.77. The van der Waals surface area contributed by atoms with E-state index in [2.05, 4.69) is 31.2 Å². The SMILES string of the molecule is COc1ccccc1N1CCN(CCCNC(=O)c2cnc3ccccc3n2)CC1. The number of carbonyl (C=O) groups excluding carboxylic acids is 1. The Bertz CT molecular complexity index is 1000. The lowest BCUT2D eigenvalue weighted by Crippen LogP contribution is -2.47. The number of aromatic nitrogens is 2. The topological polar surface area (TPSA) is 70.6 Å². The van der Waals surface area contributed by atoms with Crippen LogP contribution in [0.3, 0.4) is 0 Å². The summed E-state index contributed by atoms with van der Waals surface area (Å²) in [4.78, 5) is 25.9. The number of methoxy groups -OCH3 is 1. The van der Waals surface area contributed by atoms with Crippen molar-refractivity contribution in [1.82, 2.24) is 20.2 Å². The first-order chi connectivity index (χ1) is 14.7. The van der Waals surface area contributed by atoms with E-state index in [1.54, 1.807) is 7.11 Å². The Kier molecular flexibility index (Phi) is 6.39. The fourth-order valence-corrected chi connectivity index (χ4v) is 3.77. The van der Waals surface area contributed by atoms with Crippen molar-refractivity contribution in [3.05, 3.63) is 60.4 Å². The molecule has 7 nitrogen and oxygen atoms in total. The number of para-hydroxylation sites is 4. The van der Waals surface area contributed by atoms with Crippen LogP contribution >= 0.6 is 0 Å². The van der Waals surface area contributed by atoms with E-state index in [1.807, 2.05) is 42.5 Å². The van der Waals surface area contributed by atoms with Gasteiger partial charge in [0.1, 0.15) is 11.4 Å². The van der Waals surface area contributed by atoms with Crippen molar-refractivity contribution >= 4 is 22.6 Å². The van der Waals surface area contributed by atoms with Gasteiger partial charge in [0, 0.05) is 32.7 Å². The normalized spacial score (nSPS) is 14.6. The highest BCUT2D eigenvalue weighted by atomic mass is 16.5. The van der Waals surface area contributed by atoms with Gasteiger partial charge >= 0.3 is 0 Å². The summed E-state index contributed by atoms with van der Waals surface area (Å²) in [6.07, 6.45) is 2.44. The van der Waals surface area contributed by atoms with Gasteiger partial charge in [0.15, 0.2) is 0 Å². The molecule has 0 unspecified atom stereocenters. The van der Waals surface area contributed by atoms with Crippen LogP contribution < -0.4 is 15.0 Å². The Labute approximate surface area is 176 Å². The van der Waals surface area contributed by atoms with Crippen LogP contribution in [-0.4, -0.2) is 67.2 Å². The predicted molar refractivity (Wildman–Crippen MR) is 118 cm³/mol. The van der Waals surface area contributed by atoms with Crippen LogP contribution in [0.5, 0.6) is 5.75 Å². The van der Waals surface area contributed by atoms with E-state index in [0.29, 0.717) is 12.2 Å². The highest BCUT2D eigenvalue weighted by Crippen LogP contribution is 2.28. The summed E-state index contributed by atoms with van der Waals surface area (Å²) < 4.78 is 5.48. The Morgan fingerprint density at radius 1 is 1.03 bits per heavy atom. The molecule has 1 fully saturated rings. The summed E-state index contributed by atoms with van der Waals surface area (Å²) in [6, 6.07) is 15.7. The van der Waals surface area contributed by atoms with Gasteiger partial charge in [-0.1, -0.05) is 24.3 Å². The molecular formula is C23H27N5O2. The molecule has 3 aromatic rings. The molecule has 1 amide bonds. The van der Waals surface area contributed by atoms with E-state index >= 15 is 0 Å². The quantitative estimate of drug-likeness (QED) is 0.610. The van der Waals surface area contributed by atoms with Gasteiger partial charge in [0.2, 0.25) is 0 Å². The molecule has 7 heteroatoms. The number of ether oxygens (including phenoxy) is 1. The van der Waals surface area contributed by atoms with E-state index in [9.17, 15) is 4.79 Å². The minimum atomic E-state index is -0.172. The summed E-state index contributed by atoms with van der Waals surface area (Å²) in [7, 11) is 1.72. The number of anilines is 1. The number of fused-ring (bicyclic) bond motifs is 1. The van der Waals surface area contributed by atoms with Crippen molar-refractivity contribution in [2.24, 2.45) is 0 Å². The lowest BCUT2D eigenvalue weighted by Gasteiger charge is -2.36. The lowest BCUT2D eigenvalue weighted by molar-refractivity contribution is 0.0946. The summed E-state index contributed by atoms with van der Waals surface area (Å²) in [5.41, 5.74) is 3.04. The maximum absolute atomic E-state index is 12.4. The molecule has 0 spiro atoms. The number of nitrogens with zero attached hydrogens (tertiary/aromatic N) is 4. The second-order valence-electron chi connectivity index (χ2n) is 7.35. The third-order valence-corrected chi connectivity index (χ3v) is 5.42. The number of benzene rings is 2. The van der Waals surface area contributed by atoms with Crippen LogP contribution in [0.4, 0.5) is 5.69 Å². The van der Waals surface area contributed by atoms with E-state index < -0.39 is 0 Å². The molecule has 0 atom stereocenters. The zero-order valence-electron chi connectivity index (χ0n) is 17.3. The fraction of sp³-hybridized carbons (Fsp3) is 0.348. The smallest absolute Gasteiger partial charge is 0.271 e. The summed E-state index contributed by atoms with van der Waals surface area (Å²) in [5, 5.41) is 2.96. The van der Waals surface area contributed by atoms with Crippen molar-refractivity contribution in [2.45, 2.75) is 6.42 Å². The molecule has 1 aromatic heterocycles. The summed E-state index contributed by atoms with van der Waals surface area (Å²) in [5.74, 6) is 0.750. The molecule has 2 aromatic carbocycles. The molecule has 30 heavy (non-hydrogen) atoms. The number of rotatable bonds is 7. The third kappa shape index (κ3) is 4.68. The van der Waals surface area contributed by atoms with Gasteiger partial charge in [-0.15, -0.1) is 0 Å². The first-order valence-corrected chi connectivity index (χ1v) is 10.3. The molecule has 1 saturated heterocycles. The Morgan fingerprint density at radius 2 is 1.77 bits per heavy atom. The van der Waals surface area contributed by atoms with Crippen molar-refractivity contribution in [3.63, 3.8) is 0 Å². The number of amides is 1. The molecule has 0 saturated carbocycles. The van der Waals surface area contributed by atoms with Crippen molar-refractivity contribution < 1.29 is 9.53 Å². The summed E-state index contributed by atoms with van der Waals surface area (Å²) >= 11 is 0. The monoisotopic (exact) mass is 405 g/mol.